The van der Waals surface area contributed by atoms with Gasteiger partial charge in [-0.1, -0.05) is 0 Å². The Morgan fingerprint density at radius 1 is 1.48 bits per heavy atom. The molecule has 1 atom stereocenters. The van der Waals surface area contributed by atoms with Gasteiger partial charge < -0.3 is 20.3 Å². The largest absolute Gasteiger partial charge is 0.490 e. The van der Waals surface area contributed by atoms with Crippen LogP contribution in [0, 0.1) is 10.1 Å². The number of aliphatic carboxylic acids is 1. The van der Waals surface area contributed by atoms with Crippen LogP contribution in [0.5, 0.6) is 5.75 Å². The molecule has 0 bridgehead atoms. The number of benzene rings is 1. The van der Waals surface area contributed by atoms with Gasteiger partial charge in [-0.15, -0.1) is 0 Å². The average Bonchev–Trinajstić information content (AvgIpc) is 2.45. The molecular weight excluding hydrogens is 284 g/mol. The van der Waals surface area contributed by atoms with Crippen LogP contribution < -0.4 is 10.1 Å². The van der Waals surface area contributed by atoms with E-state index in [0.29, 0.717) is 0 Å². The van der Waals surface area contributed by atoms with E-state index in [-0.39, 0.29) is 23.4 Å². The van der Waals surface area contributed by atoms with Crippen molar-refractivity contribution in [2.24, 2.45) is 0 Å². The second kappa shape index (κ2) is 7.20. The number of amides is 1. The molecule has 0 aliphatic carbocycles. The van der Waals surface area contributed by atoms with Crippen LogP contribution in [0.3, 0.4) is 0 Å². The molecule has 0 aromatic heterocycles. The van der Waals surface area contributed by atoms with Crippen LogP contribution in [0.25, 0.3) is 0 Å². The minimum atomic E-state index is -1.29. The summed E-state index contributed by atoms with van der Waals surface area (Å²) in [6.45, 7) is -0.402. The first-order valence-electron chi connectivity index (χ1n) is 5.87. The lowest BCUT2D eigenvalue weighted by atomic mass is 10.1. The summed E-state index contributed by atoms with van der Waals surface area (Å²) in [5, 5.41) is 30.6. The number of hydrogen-bond donors (Lipinski definition) is 3. The van der Waals surface area contributed by atoms with Crippen molar-refractivity contribution in [2.75, 3.05) is 13.7 Å². The maximum atomic E-state index is 11.9. The van der Waals surface area contributed by atoms with Crippen molar-refractivity contribution >= 4 is 17.6 Å². The number of nitro groups is 1. The number of carboxylic acids is 1. The molecule has 0 saturated carbocycles. The minimum Gasteiger partial charge on any atom is -0.490 e. The molecule has 1 aromatic rings. The summed E-state index contributed by atoms with van der Waals surface area (Å²) in [4.78, 5) is 32.9. The summed E-state index contributed by atoms with van der Waals surface area (Å²) in [7, 11) is 1.22. The van der Waals surface area contributed by atoms with Gasteiger partial charge >= 0.3 is 11.7 Å². The molecule has 1 rings (SSSR count). The Morgan fingerprint density at radius 3 is 2.62 bits per heavy atom. The van der Waals surface area contributed by atoms with Gasteiger partial charge in [0, 0.05) is 30.7 Å². The van der Waals surface area contributed by atoms with Gasteiger partial charge in [0.25, 0.3) is 5.91 Å². The summed E-state index contributed by atoms with van der Waals surface area (Å²) in [6, 6.07) is 2.18. The summed E-state index contributed by atoms with van der Waals surface area (Å²) in [5.74, 6) is -2.13. The van der Waals surface area contributed by atoms with Gasteiger partial charge in [-0.05, 0) is 6.07 Å². The lowest BCUT2D eigenvalue weighted by Crippen LogP contribution is -2.41. The van der Waals surface area contributed by atoms with E-state index in [4.69, 9.17) is 14.9 Å². The fourth-order valence-corrected chi connectivity index (χ4v) is 1.60. The number of aliphatic hydroxyl groups excluding tert-OH is 1. The zero-order valence-electron chi connectivity index (χ0n) is 11.1. The predicted molar refractivity (Wildman–Crippen MR) is 70.2 cm³/mol. The molecular formula is C12H14N2O7. The highest BCUT2D eigenvalue weighted by molar-refractivity contribution is 5.97. The molecule has 0 spiro atoms. The summed E-state index contributed by atoms with van der Waals surface area (Å²) in [6.07, 6.45) is -0.148. The molecule has 1 amide bonds. The van der Waals surface area contributed by atoms with Crippen molar-refractivity contribution in [3.05, 3.63) is 33.9 Å². The highest BCUT2D eigenvalue weighted by Gasteiger charge is 2.22. The Kier molecular flexibility index (Phi) is 5.61. The van der Waals surface area contributed by atoms with Crippen molar-refractivity contribution < 1.29 is 29.5 Å². The number of aliphatic hydroxyl groups is 1. The van der Waals surface area contributed by atoms with Gasteiger partial charge in [0.2, 0.25) is 0 Å². The monoisotopic (exact) mass is 298 g/mol. The highest BCUT2D eigenvalue weighted by atomic mass is 16.6. The number of nitrogens with zero attached hydrogens (tertiary/aromatic N) is 1. The number of carboxylic acid groups (broad SMARTS) is 1. The molecule has 0 radical (unpaired) electrons. The molecule has 1 aromatic carbocycles. The molecule has 0 saturated heterocycles. The van der Waals surface area contributed by atoms with E-state index in [1.807, 2.05) is 0 Å². The van der Waals surface area contributed by atoms with Crippen LogP contribution >= 0.6 is 0 Å². The number of carbonyl (C=O) groups is 2. The average molecular weight is 298 g/mol. The molecule has 0 heterocycles. The van der Waals surface area contributed by atoms with Crippen LogP contribution in [0.15, 0.2) is 18.2 Å². The first-order chi connectivity index (χ1) is 9.90. The Morgan fingerprint density at radius 2 is 2.14 bits per heavy atom. The van der Waals surface area contributed by atoms with E-state index in [9.17, 15) is 19.7 Å². The highest BCUT2D eigenvalue weighted by Crippen LogP contribution is 2.27. The van der Waals surface area contributed by atoms with E-state index in [2.05, 4.69) is 5.32 Å². The summed E-state index contributed by atoms with van der Waals surface area (Å²) < 4.78 is 4.82. The van der Waals surface area contributed by atoms with Crippen molar-refractivity contribution in [3.8, 4) is 5.75 Å². The van der Waals surface area contributed by atoms with E-state index in [1.54, 1.807) is 0 Å². The quantitative estimate of drug-likeness (QED) is 0.481. The molecule has 3 N–H and O–H groups in total. The Hall–Kier alpha value is -2.68. The molecule has 21 heavy (non-hydrogen) atoms. The topological polar surface area (TPSA) is 139 Å². The predicted octanol–water partition coefficient (Wildman–Crippen LogP) is 0.169. The number of carbonyl (C=O) groups excluding carboxylic acids is 1. The van der Waals surface area contributed by atoms with Crippen molar-refractivity contribution in [3.63, 3.8) is 0 Å². The van der Waals surface area contributed by atoms with Crippen LogP contribution in [0.2, 0.25) is 0 Å². The Balaban J connectivity index is 2.97. The van der Waals surface area contributed by atoms with Gasteiger partial charge in [0.1, 0.15) is 6.04 Å². The van der Waals surface area contributed by atoms with Crippen LogP contribution in [-0.2, 0) is 4.79 Å². The SMILES string of the molecule is COc1cc(C(=O)N[C@H](CCO)C(=O)O)ccc1[N+](=O)[O-]. The zero-order valence-corrected chi connectivity index (χ0v) is 11.1. The second-order valence-corrected chi connectivity index (χ2v) is 4.02. The number of nitro benzene ring substituents is 1. The van der Waals surface area contributed by atoms with Crippen molar-refractivity contribution in [1.29, 1.82) is 0 Å². The van der Waals surface area contributed by atoms with Gasteiger partial charge in [-0.3, -0.25) is 14.9 Å². The Bertz CT molecular complexity index is 559. The molecule has 9 nitrogen and oxygen atoms in total. The smallest absolute Gasteiger partial charge is 0.326 e. The number of ether oxygens (including phenoxy) is 1. The van der Waals surface area contributed by atoms with Crippen LogP contribution in [0.4, 0.5) is 5.69 Å². The van der Waals surface area contributed by atoms with Gasteiger partial charge in [0.05, 0.1) is 12.0 Å². The lowest BCUT2D eigenvalue weighted by Gasteiger charge is -2.13. The first-order valence-corrected chi connectivity index (χ1v) is 5.87. The van der Waals surface area contributed by atoms with E-state index in [1.165, 1.54) is 13.2 Å². The molecule has 0 unspecified atom stereocenters. The van der Waals surface area contributed by atoms with Gasteiger partial charge in [-0.25, -0.2) is 4.79 Å². The number of hydrogen-bond acceptors (Lipinski definition) is 6. The molecule has 114 valence electrons. The third-order valence-electron chi connectivity index (χ3n) is 2.66. The maximum absolute atomic E-state index is 11.9. The number of rotatable bonds is 7. The van der Waals surface area contributed by atoms with Crippen molar-refractivity contribution in [2.45, 2.75) is 12.5 Å². The van der Waals surface area contributed by atoms with Crippen LogP contribution in [0.1, 0.15) is 16.8 Å². The summed E-state index contributed by atoms with van der Waals surface area (Å²) in [5.41, 5.74) is -0.291. The van der Waals surface area contributed by atoms with E-state index in [0.717, 1.165) is 12.1 Å². The zero-order chi connectivity index (χ0) is 16.0. The number of methoxy groups -OCH3 is 1. The standard InChI is InChI=1S/C12H14N2O7/c1-21-10-6-7(2-3-9(10)14(19)20)11(16)13-8(4-5-15)12(17)18/h2-3,6,8,15H,4-5H2,1H3,(H,13,16)(H,17,18)/t8-/m1/s1. The third kappa shape index (κ3) is 4.14. The van der Waals surface area contributed by atoms with Crippen LogP contribution in [-0.4, -0.2) is 46.8 Å². The first kappa shape index (κ1) is 16.4. The second-order valence-electron chi connectivity index (χ2n) is 4.02. The maximum Gasteiger partial charge on any atom is 0.326 e. The van der Waals surface area contributed by atoms with Crippen molar-refractivity contribution in [1.82, 2.24) is 5.32 Å². The fraction of sp³-hybridized carbons (Fsp3) is 0.333. The normalized spacial score (nSPS) is 11.5. The number of nitrogens with one attached hydrogen (secondary N) is 1. The lowest BCUT2D eigenvalue weighted by molar-refractivity contribution is -0.385. The van der Waals surface area contributed by atoms with Gasteiger partial charge in [0.15, 0.2) is 5.75 Å². The Labute approximate surface area is 119 Å². The minimum absolute atomic E-state index is 0.0154. The van der Waals surface area contributed by atoms with E-state index < -0.39 is 29.4 Å². The molecule has 9 heteroatoms. The fourth-order valence-electron chi connectivity index (χ4n) is 1.60. The molecule has 0 aliphatic heterocycles. The van der Waals surface area contributed by atoms with E-state index >= 15 is 0 Å². The molecule has 0 aliphatic rings. The van der Waals surface area contributed by atoms with Gasteiger partial charge in [-0.2, -0.15) is 0 Å². The third-order valence-corrected chi connectivity index (χ3v) is 2.66. The molecule has 0 fully saturated rings. The summed E-state index contributed by atoms with van der Waals surface area (Å²) >= 11 is 0.